The molecular weight excluding hydrogens is 176 g/mol. The molecule has 0 aromatic rings. The average molecular weight is 194 g/mol. The van der Waals surface area contributed by atoms with E-state index in [9.17, 15) is 4.79 Å². The molecule has 0 fully saturated rings. The highest BCUT2D eigenvalue weighted by atomic mass is 16.1. The number of aldehydes is 1. The summed E-state index contributed by atoms with van der Waals surface area (Å²) in [6.07, 6.45) is 7.56. The summed E-state index contributed by atoms with van der Waals surface area (Å²) in [6, 6.07) is 0. The van der Waals surface area contributed by atoms with E-state index >= 15 is 0 Å². The van der Waals surface area contributed by atoms with Crippen LogP contribution >= 0.6 is 0 Å². The summed E-state index contributed by atoms with van der Waals surface area (Å²) < 4.78 is 0. The van der Waals surface area contributed by atoms with Gasteiger partial charge in [-0.1, -0.05) is 26.0 Å². The molecule has 3 nitrogen and oxygen atoms in total. The fourth-order valence-corrected chi connectivity index (χ4v) is 1.70. The summed E-state index contributed by atoms with van der Waals surface area (Å²) in [5, 5.41) is 6.77. The Morgan fingerprint density at radius 3 is 2.43 bits per heavy atom. The molecule has 1 aliphatic rings. The second kappa shape index (κ2) is 5.08. The largest absolute Gasteiger partial charge is 0.298 e. The SMILES string of the molecule is CCNC1(NCC)C=CC(C=O)=CC1. The normalized spacial score (nSPS) is 19.1. The van der Waals surface area contributed by atoms with Gasteiger partial charge in [0.15, 0.2) is 0 Å². The zero-order chi connectivity index (χ0) is 10.4. The average Bonchev–Trinajstić information content (AvgIpc) is 2.20. The fraction of sp³-hybridized carbons (Fsp3) is 0.545. The monoisotopic (exact) mass is 194 g/mol. The van der Waals surface area contributed by atoms with Gasteiger partial charge in [-0.25, -0.2) is 0 Å². The maximum absolute atomic E-state index is 10.5. The molecule has 0 amide bonds. The molecule has 0 bridgehead atoms. The van der Waals surface area contributed by atoms with Gasteiger partial charge in [0.1, 0.15) is 6.29 Å². The lowest BCUT2D eigenvalue weighted by Gasteiger charge is -2.33. The quantitative estimate of drug-likeness (QED) is 0.506. The minimum Gasteiger partial charge on any atom is -0.298 e. The van der Waals surface area contributed by atoms with E-state index in [1.54, 1.807) is 0 Å². The summed E-state index contributed by atoms with van der Waals surface area (Å²) in [5.41, 5.74) is 0.604. The number of carbonyl (C=O) groups excluding carboxylic acids is 1. The van der Waals surface area contributed by atoms with E-state index in [1.807, 2.05) is 18.2 Å². The summed E-state index contributed by atoms with van der Waals surface area (Å²) >= 11 is 0. The molecule has 1 aliphatic carbocycles. The van der Waals surface area contributed by atoms with Crippen molar-refractivity contribution in [1.29, 1.82) is 0 Å². The van der Waals surface area contributed by atoms with Gasteiger partial charge in [-0.05, 0) is 19.2 Å². The summed E-state index contributed by atoms with van der Waals surface area (Å²) in [5.74, 6) is 0. The molecule has 2 N–H and O–H groups in total. The number of nitrogens with one attached hydrogen (secondary N) is 2. The van der Waals surface area contributed by atoms with Crippen LogP contribution in [0.25, 0.3) is 0 Å². The zero-order valence-corrected chi connectivity index (χ0v) is 8.84. The van der Waals surface area contributed by atoms with Crippen LogP contribution in [0.15, 0.2) is 23.8 Å². The first-order valence-electron chi connectivity index (χ1n) is 5.11. The zero-order valence-electron chi connectivity index (χ0n) is 8.84. The highest BCUT2D eigenvalue weighted by Gasteiger charge is 2.25. The van der Waals surface area contributed by atoms with Crippen molar-refractivity contribution in [2.75, 3.05) is 13.1 Å². The van der Waals surface area contributed by atoms with Gasteiger partial charge in [0.05, 0.1) is 5.66 Å². The highest BCUT2D eigenvalue weighted by molar-refractivity contribution is 5.78. The Morgan fingerprint density at radius 2 is 2.07 bits per heavy atom. The Morgan fingerprint density at radius 1 is 1.43 bits per heavy atom. The minimum absolute atomic E-state index is 0.157. The minimum atomic E-state index is -0.157. The molecule has 0 aliphatic heterocycles. The van der Waals surface area contributed by atoms with Crippen LogP contribution in [0, 0.1) is 0 Å². The van der Waals surface area contributed by atoms with Gasteiger partial charge < -0.3 is 0 Å². The molecule has 0 saturated heterocycles. The standard InChI is InChI=1S/C11H18N2O/c1-3-12-11(13-4-2)7-5-10(9-14)6-8-11/h5-7,9,12-13H,3-4,8H2,1-2H3. The van der Waals surface area contributed by atoms with Crippen molar-refractivity contribution < 1.29 is 4.79 Å². The number of allylic oxidation sites excluding steroid dienone is 2. The van der Waals surface area contributed by atoms with Crippen LogP contribution in [0.5, 0.6) is 0 Å². The second-order valence-electron chi connectivity index (χ2n) is 3.39. The van der Waals surface area contributed by atoms with Crippen LogP contribution in [0.2, 0.25) is 0 Å². The Kier molecular flexibility index (Phi) is 4.04. The number of carbonyl (C=O) groups is 1. The third-order valence-electron chi connectivity index (χ3n) is 2.34. The molecule has 0 aromatic heterocycles. The smallest absolute Gasteiger partial charge is 0.149 e. The molecule has 3 heteroatoms. The van der Waals surface area contributed by atoms with Gasteiger partial charge in [-0.2, -0.15) is 0 Å². The number of likely N-dealkylation sites (N-methyl/N-ethyl adjacent to an activating group) is 2. The van der Waals surface area contributed by atoms with Crippen molar-refractivity contribution in [1.82, 2.24) is 10.6 Å². The highest BCUT2D eigenvalue weighted by Crippen LogP contribution is 2.17. The van der Waals surface area contributed by atoms with E-state index in [2.05, 4.69) is 24.5 Å². The summed E-state index contributed by atoms with van der Waals surface area (Å²) in [4.78, 5) is 10.5. The molecule has 0 atom stereocenters. The van der Waals surface area contributed by atoms with Crippen LogP contribution in [0.1, 0.15) is 20.3 Å². The lowest BCUT2D eigenvalue weighted by Crippen LogP contribution is -2.55. The summed E-state index contributed by atoms with van der Waals surface area (Å²) in [6.45, 7) is 5.96. The van der Waals surface area contributed by atoms with Gasteiger partial charge in [-0.15, -0.1) is 0 Å². The Hall–Kier alpha value is -0.930. The van der Waals surface area contributed by atoms with Crippen LogP contribution in [-0.2, 0) is 4.79 Å². The predicted molar refractivity (Wildman–Crippen MR) is 58.0 cm³/mol. The van der Waals surface area contributed by atoms with Crippen molar-refractivity contribution in [3.8, 4) is 0 Å². The van der Waals surface area contributed by atoms with Gasteiger partial charge >= 0.3 is 0 Å². The molecular formula is C11H18N2O. The van der Waals surface area contributed by atoms with Crippen LogP contribution in [0.4, 0.5) is 0 Å². The number of rotatable bonds is 5. The molecule has 14 heavy (non-hydrogen) atoms. The maximum atomic E-state index is 10.5. The Labute approximate surface area is 85.3 Å². The van der Waals surface area contributed by atoms with E-state index in [0.29, 0.717) is 0 Å². The van der Waals surface area contributed by atoms with Crippen molar-refractivity contribution in [2.24, 2.45) is 0 Å². The third kappa shape index (κ3) is 2.53. The van der Waals surface area contributed by atoms with E-state index < -0.39 is 0 Å². The maximum Gasteiger partial charge on any atom is 0.149 e. The topological polar surface area (TPSA) is 41.1 Å². The van der Waals surface area contributed by atoms with E-state index in [0.717, 1.165) is 31.4 Å². The third-order valence-corrected chi connectivity index (χ3v) is 2.34. The van der Waals surface area contributed by atoms with Gasteiger partial charge in [0.25, 0.3) is 0 Å². The van der Waals surface area contributed by atoms with Crippen LogP contribution in [0.3, 0.4) is 0 Å². The van der Waals surface area contributed by atoms with E-state index in [-0.39, 0.29) is 5.66 Å². The number of hydrogen-bond acceptors (Lipinski definition) is 3. The molecule has 78 valence electrons. The second-order valence-corrected chi connectivity index (χ2v) is 3.39. The molecule has 0 heterocycles. The molecule has 1 rings (SSSR count). The molecule has 0 spiro atoms. The Balaban J connectivity index is 2.70. The number of hydrogen-bond donors (Lipinski definition) is 2. The first kappa shape index (κ1) is 11.1. The van der Waals surface area contributed by atoms with Gasteiger partial charge in [-0.3, -0.25) is 15.4 Å². The van der Waals surface area contributed by atoms with E-state index in [4.69, 9.17) is 0 Å². The van der Waals surface area contributed by atoms with E-state index in [1.165, 1.54) is 0 Å². The van der Waals surface area contributed by atoms with Crippen molar-refractivity contribution in [3.63, 3.8) is 0 Å². The lowest BCUT2D eigenvalue weighted by molar-refractivity contribution is -0.104. The fourth-order valence-electron chi connectivity index (χ4n) is 1.70. The summed E-state index contributed by atoms with van der Waals surface area (Å²) in [7, 11) is 0. The van der Waals surface area contributed by atoms with Crippen molar-refractivity contribution >= 4 is 6.29 Å². The van der Waals surface area contributed by atoms with Gasteiger partial charge in [0, 0.05) is 12.0 Å². The van der Waals surface area contributed by atoms with Crippen molar-refractivity contribution in [2.45, 2.75) is 25.9 Å². The molecule has 0 saturated carbocycles. The Bertz CT molecular complexity index is 250. The predicted octanol–water partition coefficient (Wildman–Crippen LogP) is 0.987. The molecule has 0 radical (unpaired) electrons. The molecule has 0 aromatic carbocycles. The first-order chi connectivity index (χ1) is 6.76. The lowest BCUT2D eigenvalue weighted by atomic mass is 9.97. The van der Waals surface area contributed by atoms with Crippen LogP contribution in [-0.4, -0.2) is 25.0 Å². The van der Waals surface area contributed by atoms with Crippen molar-refractivity contribution in [3.05, 3.63) is 23.8 Å². The van der Waals surface area contributed by atoms with Gasteiger partial charge in [0.2, 0.25) is 0 Å². The first-order valence-corrected chi connectivity index (χ1v) is 5.11. The molecule has 0 unspecified atom stereocenters. The van der Waals surface area contributed by atoms with Crippen LogP contribution < -0.4 is 10.6 Å².